The maximum absolute atomic E-state index is 12.9. The summed E-state index contributed by atoms with van der Waals surface area (Å²) in [5.41, 5.74) is 0.577. The molecule has 178 valence electrons. The SMILES string of the molecule is C=CCn1c(S[C@H](C)C(=O)Nc2cc(OC)cc(OC)c2)nnc1[C@@H]1COc2ccccc2O1. The minimum absolute atomic E-state index is 0.193. The van der Waals surface area contributed by atoms with E-state index in [2.05, 4.69) is 22.1 Å². The van der Waals surface area contributed by atoms with Crippen LogP contribution in [0, 0.1) is 0 Å². The Morgan fingerprint density at radius 2 is 1.94 bits per heavy atom. The van der Waals surface area contributed by atoms with E-state index in [-0.39, 0.29) is 5.91 Å². The van der Waals surface area contributed by atoms with Crippen molar-refractivity contribution in [2.45, 2.75) is 30.0 Å². The van der Waals surface area contributed by atoms with Crippen LogP contribution in [0.15, 0.2) is 60.3 Å². The first-order valence-electron chi connectivity index (χ1n) is 10.7. The first-order chi connectivity index (χ1) is 16.5. The number of rotatable bonds is 9. The lowest BCUT2D eigenvalue weighted by molar-refractivity contribution is -0.115. The monoisotopic (exact) mass is 482 g/mol. The van der Waals surface area contributed by atoms with Gasteiger partial charge in [-0.15, -0.1) is 16.8 Å². The van der Waals surface area contributed by atoms with E-state index in [9.17, 15) is 4.79 Å². The smallest absolute Gasteiger partial charge is 0.237 e. The lowest BCUT2D eigenvalue weighted by Gasteiger charge is -2.26. The summed E-state index contributed by atoms with van der Waals surface area (Å²) in [7, 11) is 3.12. The van der Waals surface area contributed by atoms with Crippen molar-refractivity contribution in [2.24, 2.45) is 0 Å². The highest BCUT2D eigenvalue weighted by Gasteiger charge is 2.29. The predicted molar refractivity (Wildman–Crippen MR) is 129 cm³/mol. The molecule has 4 rings (SSSR count). The van der Waals surface area contributed by atoms with Gasteiger partial charge in [-0.2, -0.15) is 0 Å². The summed E-state index contributed by atoms with van der Waals surface area (Å²) >= 11 is 1.30. The van der Waals surface area contributed by atoms with Gasteiger partial charge in [0, 0.05) is 30.4 Å². The van der Waals surface area contributed by atoms with Gasteiger partial charge in [-0.05, 0) is 19.1 Å². The van der Waals surface area contributed by atoms with E-state index in [1.807, 2.05) is 28.8 Å². The van der Waals surface area contributed by atoms with Gasteiger partial charge in [-0.25, -0.2) is 0 Å². The maximum atomic E-state index is 12.9. The van der Waals surface area contributed by atoms with E-state index in [4.69, 9.17) is 18.9 Å². The molecule has 1 aromatic heterocycles. The summed E-state index contributed by atoms with van der Waals surface area (Å²) < 4.78 is 24.4. The number of anilines is 1. The summed E-state index contributed by atoms with van der Waals surface area (Å²) in [6.45, 7) is 6.42. The van der Waals surface area contributed by atoms with Crippen LogP contribution in [0.2, 0.25) is 0 Å². The molecule has 10 heteroatoms. The van der Waals surface area contributed by atoms with Crippen molar-refractivity contribution in [1.82, 2.24) is 14.8 Å². The fourth-order valence-electron chi connectivity index (χ4n) is 3.41. The van der Waals surface area contributed by atoms with Crippen LogP contribution in [0.3, 0.4) is 0 Å². The molecular weight excluding hydrogens is 456 g/mol. The van der Waals surface area contributed by atoms with Crippen molar-refractivity contribution < 1.29 is 23.7 Å². The summed E-state index contributed by atoms with van der Waals surface area (Å²) in [5, 5.41) is 11.7. The zero-order valence-corrected chi connectivity index (χ0v) is 20.0. The number of hydrogen-bond donors (Lipinski definition) is 1. The van der Waals surface area contributed by atoms with Gasteiger partial charge in [0.05, 0.1) is 19.5 Å². The minimum atomic E-state index is -0.456. The quantitative estimate of drug-likeness (QED) is 0.360. The van der Waals surface area contributed by atoms with Gasteiger partial charge in [0.1, 0.15) is 18.1 Å². The third kappa shape index (κ3) is 5.12. The average Bonchev–Trinajstić information content (AvgIpc) is 3.25. The Kier molecular flexibility index (Phi) is 7.27. The third-order valence-electron chi connectivity index (χ3n) is 5.12. The third-order valence-corrected chi connectivity index (χ3v) is 6.20. The molecule has 34 heavy (non-hydrogen) atoms. The number of para-hydroxylation sites is 2. The molecule has 0 fully saturated rings. The van der Waals surface area contributed by atoms with E-state index >= 15 is 0 Å². The highest BCUT2D eigenvalue weighted by Crippen LogP contribution is 2.36. The average molecular weight is 483 g/mol. The van der Waals surface area contributed by atoms with Crippen molar-refractivity contribution in [3.05, 3.63) is 60.9 Å². The Hall–Kier alpha value is -3.66. The first-order valence-corrected chi connectivity index (χ1v) is 11.5. The van der Waals surface area contributed by atoms with Crippen LogP contribution in [0.5, 0.6) is 23.0 Å². The molecule has 2 aromatic carbocycles. The Morgan fingerprint density at radius 1 is 1.24 bits per heavy atom. The lowest BCUT2D eigenvalue weighted by Crippen LogP contribution is -2.25. The number of carbonyl (C=O) groups is 1. The molecule has 0 radical (unpaired) electrons. The number of benzene rings is 2. The number of carbonyl (C=O) groups excluding carboxylic acids is 1. The highest BCUT2D eigenvalue weighted by molar-refractivity contribution is 8.00. The van der Waals surface area contributed by atoms with E-state index < -0.39 is 11.4 Å². The van der Waals surface area contributed by atoms with Gasteiger partial charge < -0.3 is 24.3 Å². The number of allylic oxidation sites excluding steroid dienone is 1. The number of ether oxygens (including phenoxy) is 4. The molecule has 0 aliphatic carbocycles. The van der Waals surface area contributed by atoms with Crippen LogP contribution in [0.25, 0.3) is 0 Å². The van der Waals surface area contributed by atoms with Gasteiger partial charge in [0.15, 0.2) is 28.6 Å². The van der Waals surface area contributed by atoms with E-state index in [0.29, 0.717) is 52.8 Å². The topological polar surface area (TPSA) is 96.7 Å². The Morgan fingerprint density at radius 3 is 2.62 bits per heavy atom. The van der Waals surface area contributed by atoms with Crippen molar-refractivity contribution in [2.75, 3.05) is 26.1 Å². The molecule has 1 aliphatic rings. The number of hydrogen-bond acceptors (Lipinski definition) is 8. The van der Waals surface area contributed by atoms with Gasteiger partial charge in [-0.1, -0.05) is 30.0 Å². The molecule has 0 unspecified atom stereocenters. The molecule has 2 atom stereocenters. The number of methoxy groups -OCH3 is 2. The van der Waals surface area contributed by atoms with Crippen molar-refractivity contribution in [3.63, 3.8) is 0 Å². The number of thioether (sulfide) groups is 1. The molecule has 0 saturated carbocycles. The molecular formula is C24H26N4O5S. The van der Waals surface area contributed by atoms with Crippen molar-refractivity contribution in [3.8, 4) is 23.0 Å². The van der Waals surface area contributed by atoms with Crippen LogP contribution in [0.1, 0.15) is 18.9 Å². The number of fused-ring (bicyclic) bond motifs is 1. The van der Waals surface area contributed by atoms with Gasteiger partial charge in [0.25, 0.3) is 0 Å². The second-order valence-electron chi connectivity index (χ2n) is 7.45. The Bertz CT molecular complexity index is 1160. The van der Waals surface area contributed by atoms with Crippen LogP contribution < -0.4 is 24.3 Å². The van der Waals surface area contributed by atoms with Crippen LogP contribution >= 0.6 is 11.8 Å². The summed E-state index contributed by atoms with van der Waals surface area (Å²) in [5.74, 6) is 2.94. The zero-order chi connectivity index (χ0) is 24.1. The van der Waals surface area contributed by atoms with E-state index in [1.165, 1.54) is 11.8 Å². The van der Waals surface area contributed by atoms with E-state index in [0.717, 1.165) is 0 Å². The summed E-state index contributed by atoms with van der Waals surface area (Å²) in [6, 6.07) is 12.7. The molecule has 2 heterocycles. The fraction of sp³-hybridized carbons (Fsp3) is 0.292. The lowest BCUT2D eigenvalue weighted by atomic mass is 10.2. The van der Waals surface area contributed by atoms with Crippen LogP contribution in [-0.4, -0.2) is 46.7 Å². The van der Waals surface area contributed by atoms with Crippen LogP contribution in [0.4, 0.5) is 5.69 Å². The van der Waals surface area contributed by atoms with Crippen molar-refractivity contribution in [1.29, 1.82) is 0 Å². The number of amides is 1. The number of nitrogens with one attached hydrogen (secondary N) is 1. The molecule has 0 saturated heterocycles. The predicted octanol–water partition coefficient (Wildman–Crippen LogP) is 4.11. The highest BCUT2D eigenvalue weighted by atomic mass is 32.2. The Labute approximate surface area is 202 Å². The first kappa shape index (κ1) is 23.5. The number of nitrogens with zero attached hydrogens (tertiary/aromatic N) is 3. The van der Waals surface area contributed by atoms with Crippen LogP contribution in [-0.2, 0) is 11.3 Å². The second kappa shape index (κ2) is 10.5. The fourth-order valence-corrected chi connectivity index (χ4v) is 4.27. The summed E-state index contributed by atoms with van der Waals surface area (Å²) in [4.78, 5) is 12.9. The molecule has 1 amide bonds. The largest absolute Gasteiger partial charge is 0.497 e. The molecule has 1 N–H and O–H groups in total. The normalized spacial score (nSPS) is 15.3. The van der Waals surface area contributed by atoms with Gasteiger partial charge >= 0.3 is 0 Å². The molecule has 3 aromatic rings. The van der Waals surface area contributed by atoms with Gasteiger partial charge in [-0.3, -0.25) is 9.36 Å². The van der Waals surface area contributed by atoms with Gasteiger partial charge in [0.2, 0.25) is 5.91 Å². The van der Waals surface area contributed by atoms with Crippen molar-refractivity contribution >= 4 is 23.4 Å². The number of aromatic nitrogens is 3. The molecule has 1 aliphatic heterocycles. The minimum Gasteiger partial charge on any atom is -0.497 e. The molecule has 0 bridgehead atoms. The molecule has 0 spiro atoms. The molecule has 9 nitrogen and oxygen atoms in total. The second-order valence-corrected chi connectivity index (χ2v) is 8.76. The zero-order valence-electron chi connectivity index (χ0n) is 19.2. The summed E-state index contributed by atoms with van der Waals surface area (Å²) in [6.07, 6.45) is 1.33. The standard InChI is InChI=1S/C24H26N4O5S/c1-5-10-28-22(21-14-32-19-8-6-7-9-20(19)33-21)26-27-24(28)34-15(2)23(29)25-16-11-17(30-3)13-18(12-16)31-4/h5-9,11-13,15,21H,1,10,14H2,2-4H3,(H,25,29)/t15-,21+/m1/s1. The Balaban J connectivity index is 1.49. The maximum Gasteiger partial charge on any atom is 0.237 e. The van der Waals surface area contributed by atoms with E-state index in [1.54, 1.807) is 45.4 Å².